The molecule has 2 unspecified atom stereocenters. The van der Waals surface area contributed by atoms with Crippen molar-refractivity contribution in [1.82, 2.24) is 0 Å². The van der Waals surface area contributed by atoms with Gasteiger partial charge in [0.2, 0.25) is 0 Å². The molecule has 2 aliphatic heterocycles. The molecule has 1 aliphatic carbocycles. The zero-order valence-corrected chi connectivity index (χ0v) is 11.5. The molecule has 3 aliphatic rings. The van der Waals surface area contributed by atoms with Crippen LogP contribution in [0, 0.1) is 13.8 Å². The number of phenols is 1. The minimum Gasteiger partial charge on any atom is -0.507 e. The second-order valence-corrected chi connectivity index (χ2v) is 6.40. The lowest BCUT2D eigenvalue weighted by Crippen LogP contribution is -2.47. The van der Waals surface area contributed by atoms with Gasteiger partial charge in [0.15, 0.2) is 0 Å². The highest BCUT2D eigenvalue weighted by atomic mass is 16.6. The zero-order valence-electron chi connectivity index (χ0n) is 11.5. The molecule has 1 saturated heterocycles. The SMILES string of the molecule is Cc1cc2c(c(C)c1O)C(C1CO1)CC1(CCC1)O2. The second-order valence-electron chi connectivity index (χ2n) is 6.40. The van der Waals surface area contributed by atoms with E-state index in [9.17, 15) is 5.11 Å². The first-order valence-electron chi connectivity index (χ1n) is 7.23. The van der Waals surface area contributed by atoms with E-state index in [4.69, 9.17) is 9.47 Å². The number of aryl methyl sites for hydroxylation is 1. The molecule has 3 heteroatoms. The molecule has 2 atom stereocenters. The summed E-state index contributed by atoms with van der Waals surface area (Å²) in [6.07, 6.45) is 4.97. The summed E-state index contributed by atoms with van der Waals surface area (Å²) in [6, 6.07) is 2.01. The van der Waals surface area contributed by atoms with E-state index in [1.165, 1.54) is 12.0 Å². The molecule has 3 nitrogen and oxygen atoms in total. The van der Waals surface area contributed by atoms with Crippen LogP contribution in [0.4, 0.5) is 0 Å². The first-order valence-corrected chi connectivity index (χ1v) is 7.23. The van der Waals surface area contributed by atoms with E-state index in [0.29, 0.717) is 17.8 Å². The molecule has 19 heavy (non-hydrogen) atoms. The van der Waals surface area contributed by atoms with Crippen LogP contribution < -0.4 is 4.74 Å². The zero-order chi connectivity index (χ0) is 13.2. The number of rotatable bonds is 1. The predicted octanol–water partition coefficient (Wildman–Crippen LogP) is 3.20. The van der Waals surface area contributed by atoms with Gasteiger partial charge in [0.05, 0.1) is 12.7 Å². The molecule has 0 amide bonds. The maximum Gasteiger partial charge on any atom is 0.124 e. The van der Waals surface area contributed by atoms with E-state index in [1.54, 1.807) is 0 Å². The topological polar surface area (TPSA) is 42.0 Å². The number of phenolic OH excluding ortho intramolecular Hbond substituents is 1. The Bertz CT molecular complexity index is 541. The number of hydrogen-bond acceptors (Lipinski definition) is 3. The van der Waals surface area contributed by atoms with E-state index in [1.807, 2.05) is 19.9 Å². The Balaban J connectivity index is 1.85. The maximum atomic E-state index is 10.2. The fourth-order valence-electron chi connectivity index (χ4n) is 3.76. The number of epoxide rings is 1. The average molecular weight is 260 g/mol. The standard InChI is InChI=1S/C16H20O3/c1-9-6-12-14(10(2)15(9)17)11(13-8-18-13)7-16(19-12)4-3-5-16/h6,11,13,17H,3-5,7-8H2,1-2H3. The number of hydrogen-bond donors (Lipinski definition) is 1. The van der Waals surface area contributed by atoms with Gasteiger partial charge in [-0.25, -0.2) is 0 Å². The fraction of sp³-hybridized carbons (Fsp3) is 0.625. The van der Waals surface area contributed by atoms with Crippen LogP contribution in [-0.2, 0) is 4.74 Å². The molecule has 4 rings (SSSR count). The van der Waals surface area contributed by atoms with Crippen molar-refractivity contribution in [3.8, 4) is 11.5 Å². The first-order chi connectivity index (χ1) is 9.10. The van der Waals surface area contributed by atoms with Crippen molar-refractivity contribution in [1.29, 1.82) is 0 Å². The molecular weight excluding hydrogens is 240 g/mol. The summed E-state index contributed by atoms with van der Waals surface area (Å²) < 4.78 is 11.9. The van der Waals surface area contributed by atoms with Gasteiger partial charge in [-0.15, -0.1) is 0 Å². The third-order valence-corrected chi connectivity index (χ3v) is 5.11. The number of ether oxygens (including phenoxy) is 2. The molecule has 102 valence electrons. The Morgan fingerprint density at radius 1 is 1.32 bits per heavy atom. The average Bonchev–Trinajstić information content (AvgIpc) is 3.17. The largest absolute Gasteiger partial charge is 0.507 e. The third-order valence-electron chi connectivity index (χ3n) is 5.11. The van der Waals surface area contributed by atoms with Gasteiger partial charge >= 0.3 is 0 Å². The van der Waals surface area contributed by atoms with Gasteiger partial charge in [0.1, 0.15) is 17.1 Å². The van der Waals surface area contributed by atoms with Crippen molar-refractivity contribution in [3.05, 3.63) is 22.8 Å². The maximum absolute atomic E-state index is 10.2. The Morgan fingerprint density at radius 3 is 2.63 bits per heavy atom. The van der Waals surface area contributed by atoms with E-state index in [-0.39, 0.29) is 5.60 Å². The smallest absolute Gasteiger partial charge is 0.124 e. The van der Waals surface area contributed by atoms with Crippen LogP contribution in [0.15, 0.2) is 6.07 Å². The summed E-state index contributed by atoms with van der Waals surface area (Å²) in [5.74, 6) is 1.80. The van der Waals surface area contributed by atoms with Crippen molar-refractivity contribution in [2.75, 3.05) is 6.61 Å². The van der Waals surface area contributed by atoms with Crippen LogP contribution >= 0.6 is 0 Å². The van der Waals surface area contributed by atoms with E-state index >= 15 is 0 Å². The summed E-state index contributed by atoms with van der Waals surface area (Å²) in [6.45, 7) is 4.80. The highest BCUT2D eigenvalue weighted by molar-refractivity contribution is 5.55. The molecule has 2 heterocycles. The summed E-state index contributed by atoms with van der Waals surface area (Å²) in [7, 11) is 0. The van der Waals surface area contributed by atoms with Crippen LogP contribution in [-0.4, -0.2) is 23.4 Å². The van der Waals surface area contributed by atoms with Crippen LogP contribution in [0.25, 0.3) is 0 Å². The number of benzene rings is 1. The molecule has 1 aromatic carbocycles. The molecule has 1 aromatic rings. The molecule has 0 bridgehead atoms. The van der Waals surface area contributed by atoms with Crippen molar-refractivity contribution >= 4 is 0 Å². The van der Waals surface area contributed by atoms with Gasteiger partial charge in [0.25, 0.3) is 0 Å². The van der Waals surface area contributed by atoms with Crippen molar-refractivity contribution in [3.63, 3.8) is 0 Å². The van der Waals surface area contributed by atoms with Crippen molar-refractivity contribution in [2.45, 2.75) is 57.2 Å². The van der Waals surface area contributed by atoms with Crippen molar-refractivity contribution in [2.24, 2.45) is 0 Å². The first kappa shape index (κ1) is 11.6. The normalized spacial score (nSPS) is 30.4. The Hall–Kier alpha value is -1.22. The monoisotopic (exact) mass is 260 g/mol. The van der Waals surface area contributed by atoms with Gasteiger partial charge < -0.3 is 14.6 Å². The Labute approximate surface area is 113 Å². The lowest BCUT2D eigenvalue weighted by Gasteiger charge is -2.48. The summed E-state index contributed by atoms with van der Waals surface area (Å²) in [5.41, 5.74) is 3.12. The molecule has 1 spiro atoms. The lowest BCUT2D eigenvalue weighted by molar-refractivity contribution is -0.0363. The van der Waals surface area contributed by atoms with Gasteiger partial charge in [-0.05, 0) is 56.7 Å². The van der Waals surface area contributed by atoms with Gasteiger partial charge in [-0.3, -0.25) is 0 Å². The molecular formula is C16H20O3. The highest BCUT2D eigenvalue weighted by Crippen LogP contribution is 2.54. The number of aromatic hydroxyl groups is 1. The Morgan fingerprint density at radius 2 is 2.05 bits per heavy atom. The minimum absolute atomic E-state index is 0.0550. The summed E-state index contributed by atoms with van der Waals surface area (Å²) >= 11 is 0. The number of fused-ring (bicyclic) bond motifs is 1. The van der Waals surface area contributed by atoms with Crippen LogP contribution in [0.1, 0.15) is 48.3 Å². The highest BCUT2D eigenvalue weighted by Gasteiger charge is 2.50. The van der Waals surface area contributed by atoms with Gasteiger partial charge in [-0.1, -0.05) is 0 Å². The molecule has 1 N–H and O–H groups in total. The summed E-state index contributed by atoms with van der Waals surface area (Å²) in [4.78, 5) is 0. The van der Waals surface area contributed by atoms with Crippen molar-refractivity contribution < 1.29 is 14.6 Å². The minimum atomic E-state index is 0.0550. The van der Waals surface area contributed by atoms with Gasteiger partial charge in [0, 0.05) is 11.5 Å². The summed E-state index contributed by atoms with van der Waals surface area (Å²) in [5, 5.41) is 10.2. The van der Waals surface area contributed by atoms with E-state index in [0.717, 1.165) is 42.7 Å². The van der Waals surface area contributed by atoms with Crippen LogP contribution in [0.5, 0.6) is 11.5 Å². The van der Waals surface area contributed by atoms with E-state index < -0.39 is 0 Å². The Kier molecular flexibility index (Phi) is 2.23. The van der Waals surface area contributed by atoms with Crippen LogP contribution in [0.3, 0.4) is 0 Å². The van der Waals surface area contributed by atoms with E-state index in [2.05, 4.69) is 0 Å². The van der Waals surface area contributed by atoms with Crippen LogP contribution in [0.2, 0.25) is 0 Å². The van der Waals surface area contributed by atoms with Gasteiger partial charge in [-0.2, -0.15) is 0 Å². The quantitative estimate of drug-likeness (QED) is 0.788. The third kappa shape index (κ3) is 1.61. The molecule has 2 fully saturated rings. The fourth-order valence-corrected chi connectivity index (χ4v) is 3.76. The second kappa shape index (κ2) is 3.66. The predicted molar refractivity (Wildman–Crippen MR) is 71.9 cm³/mol. The molecule has 1 saturated carbocycles. The molecule has 0 aromatic heterocycles. The lowest BCUT2D eigenvalue weighted by atomic mass is 9.69. The molecule has 0 radical (unpaired) electrons.